The van der Waals surface area contributed by atoms with E-state index in [4.69, 9.17) is 16.0 Å². The van der Waals surface area contributed by atoms with Crippen molar-refractivity contribution in [3.63, 3.8) is 0 Å². The van der Waals surface area contributed by atoms with Gasteiger partial charge in [0.25, 0.3) is 0 Å². The lowest BCUT2D eigenvalue weighted by molar-refractivity contribution is -0.120. The fourth-order valence-electron chi connectivity index (χ4n) is 3.45. The third-order valence-electron chi connectivity index (χ3n) is 5.12. The molecule has 0 aliphatic carbocycles. The highest BCUT2D eigenvalue weighted by Crippen LogP contribution is 2.21. The molecule has 2 aromatic carbocycles. The number of rotatable bonds is 4. The van der Waals surface area contributed by atoms with Crippen LogP contribution in [-0.4, -0.2) is 48.0 Å². The zero-order valence-electron chi connectivity index (χ0n) is 15.4. The van der Waals surface area contributed by atoms with E-state index < -0.39 is 5.76 Å². The molecule has 1 fully saturated rings. The second-order valence-corrected chi connectivity index (χ2v) is 7.33. The lowest BCUT2D eigenvalue weighted by Gasteiger charge is -2.38. The molecule has 0 spiro atoms. The number of carbonyl (C=O) groups is 1. The van der Waals surface area contributed by atoms with Crippen LogP contribution in [0, 0.1) is 0 Å². The number of amides is 1. The Morgan fingerprint density at radius 2 is 1.86 bits per heavy atom. The van der Waals surface area contributed by atoms with Crippen LogP contribution in [0.3, 0.4) is 0 Å². The molecule has 4 rings (SSSR count). The highest BCUT2D eigenvalue weighted by molar-refractivity contribution is 6.30. The number of aromatic nitrogens is 1. The molecule has 1 amide bonds. The number of oxazole rings is 1. The van der Waals surface area contributed by atoms with E-state index >= 15 is 0 Å². The van der Waals surface area contributed by atoms with Gasteiger partial charge < -0.3 is 14.6 Å². The molecule has 1 aliphatic heterocycles. The predicted octanol–water partition coefficient (Wildman–Crippen LogP) is 2.92. The number of nitrogens with zero attached hydrogens (tertiary/aromatic N) is 2. The quantitative estimate of drug-likeness (QED) is 0.703. The summed E-state index contributed by atoms with van der Waals surface area (Å²) < 4.78 is 5.04. The van der Waals surface area contributed by atoms with Gasteiger partial charge in [-0.2, -0.15) is 0 Å². The molecule has 1 aliphatic rings. The van der Waals surface area contributed by atoms with Gasteiger partial charge in [0.15, 0.2) is 5.58 Å². The minimum absolute atomic E-state index is 0.0859. The number of carbonyl (C=O) groups excluding carboxylic acids is 1. The Hall–Kier alpha value is -2.77. The summed E-state index contributed by atoms with van der Waals surface area (Å²) in [4.78, 5) is 31.0. The Kier molecular flexibility index (Phi) is 5.11. The molecule has 1 unspecified atom stereocenters. The summed E-state index contributed by atoms with van der Waals surface area (Å²) in [7, 11) is 0. The Labute approximate surface area is 166 Å². The number of H-pyrrole nitrogens is 1. The van der Waals surface area contributed by atoms with Crippen molar-refractivity contribution in [3.8, 4) is 0 Å². The highest BCUT2D eigenvalue weighted by Gasteiger charge is 2.25. The fraction of sp³-hybridized carbons (Fsp3) is 0.300. The summed E-state index contributed by atoms with van der Waals surface area (Å²) in [5.74, 6) is -0.595. The van der Waals surface area contributed by atoms with Crippen LogP contribution in [0.2, 0.25) is 5.02 Å². The molecule has 146 valence electrons. The number of piperazine rings is 1. The largest absolute Gasteiger partial charge is 0.417 e. The van der Waals surface area contributed by atoms with E-state index in [1.165, 1.54) is 0 Å². The van der Waals surface area contributed by atoms with Crippen molar-refractivity contribution in [2.75, 3.05) is 36.4 Å². The first-order chi connectivity index (χ1) is 13.5. The molecule has 0 bridgehead atoms. The van der Waals surface area contributed by atoms with Crippen molar-refractivity contribution in [3.05, 3.63) is 58.0 Å². The van der Waals surface area contributed by atoms with E-state index in [1.807, 2.05) is 31.2 Å². The van der Waals surface area contributed by atoms with Crippen molar-refractivity contribution in [1.29, 1.82) is 0 Å². The number of nitrogens with one attached hydrogen (secondary N) is 2. The van der Waals surface area contributed by atoms with Gasteiger partial charge in [-0.3, -0.25) is 14.7 Å². The lowest BCUT2D eigenvalue weighted by Crippen LogP contribution is -2.52. The molecule has 0 saturated carbocycles. The van der Waals surface area contributed by atoms with Crippen LogP contribution >= 0.6 is 11.6 Å². The van der Waals surface area contributed by atoms with E-state index in [2.05, 4.69) is 20.1 Å². The average molecular weight is 401 g/mol. The molecular formula is C20H21ClN4O3. The van der Waals surface area contributed by atoms with Gasteiger partial charge in [0, 0.05) is 48.6 Å². The van der Waals surface area contributed by atoms with E-state index in [9.17, 15) is 9.59 Å². The topological polar surface area (TPSA) is 81.6 Å². The van der Waals surface area contributed by atoms with Crippen LogP contribution in [-0.2, 0) is 4.79 Å². The van der Waals surface area contributed by atoms with E-state index in [0.29, 0.717) is 16.8 Å². The Morgan fingerprint density at radius 1 is 1.14 bits per heavy atom. The number of anilines is 2. The van der Waals surface area contributed by atoms with Crippen LogP contribution in [0.15, 0.2) is 51.7 Å². The fourth-order valence-corrected chi connectivity index (χ4v) is 3.58. The van der Waals surface area contributed by atoms with Crippen molar-refractivity contribution in [2.45, 2.75) is 13.0 Å². The van der Waals surface area contributed by atoms with Crippen molar-refractivity contribution in [1.82, 2.24) is 9.88 Å². The maximum atomic E-state index is 12.7. The summed E-state index contributed by atoms with van der Waals surface area (Å²) in [6, 6.07) is 12.7. The molecule has 3 aromatic rings. The van der Waals surface area contributed by atoms with Gasteiger partial charge >= 0.3 is 5.76 Å². The average Bonchev–Trinajstić information content (AvgIpc) is 3.07. The monoisotopic (exact) mass is 400 g/mol. The first kappa shape index (κ1) is 18.6. The van der Waals surface area contributed by atoms with Crippen molar-refractivity contribution < 1.29 is 9.21 Å². The lowest BCUT2D eigenvalue weighted by atomic mass is 10.2. The number of aromatic amines is 1. The standard InChI is InChI=1S/C20H21ClN4O3/c1-13(19(26)22-15-4-7-17-18(12-15)28-20(27)23-17)24-8-10-25(11-9-24)16-5-2-14(21)3-6-16/h2-7,12-13H,8-11H2,1H3,(H,22,26)(H,23,27). The van der Waals surface area contributed by atoms with Gasteiger partial charge in [-0.25, -0.2) is 4.79 Å². The van der Waals surface area contributed by atoms with Gasteiger partial charge in [-0.1, -0.05) is 11.6 Å². The van der Waals surface area contributed by atoms with E-state index in [-0.39, 0.29) is 11.9 Å². The van der Waals surface area contributed by atoms with Crippen LogP contribution in [0.1, 0.15) is 6.92 Å². The summed E-state index contributed by atoms with van der Waals surface area (Å²) in [6.45, 7) is 5.19. The maximum Gasteiger partial charge on any atom is 0.417 e. The van der Waals surface area contributed by atoms with Crippen LogP contribution < -0.4 is 16.0 Å². The summed E-state index contributed by atoms with van der Waals surface area (Å²) in [6.07, 6.45) is 0. The minimum Gasteiger partial charge on any atom is -0.408 e. The molecule has 28 heavy (non-hydrogen) atoms. The van der Waals surface area contributed by atoms with E-state index in [1.54, 1.807) is 18.2 Å². The van der Waals surface area contributed by atoms with E-state index in [0.717, 1.165) is 36.9 Å². The first-order valence-corrected chi connectivity index (χ1v) is 9.56. The Bertz CT molecular complexity index is 1040. The molecular weight excluding hydrogens is 380 g/mol. The maximum absolute atomic E-state index is 12.7. The van der Waals surface area contributed by atoms with Gasteiger partial charge in [-0.15, -0.1) is 0 Å². The number of halogens is 1. The SMILES string of the molecule is CC(C(=O)Nc1ccc2[nH]c(=O)oc2c1)N1CCN(c2ccc(Cl)cc2)CC1. The van der Waals surface area contributed by atoms with Crippen LogP contribution in [0.4, 0.5) is 11.4 Å². The molecule has 7 nitrogen and oxygen atoms in total. The molecule has 1 aromatic heterocycles. The third kappa shape index (κ3) is 3.90. The molecule has 2 N–H and O–H groups in total. The predicted molar refractivity (Wildman–Crippen MR) is 110 cm³/mol. The molecule has 1 saturated heterocycles. The second-order valence-electron chi connectivity index (χ2n) is 6.89. The molecule has 0 radical (unpaired) electrons. The van der Waals surface area contributed by atoms with Gasteiger partial charge in [0.1, 0.15) is 0 Å². The summed E-state index contributed by atoms with van der Waals surface area (Å²) >= 11 is 5.96. The molecule has 2 heterocycles. The summed E-state index contributed by atoms with van der Waals surface area (Å²) in [5.41, 5.74) is 2.77. The first-order valence-electron chi connectivity index (χ1n) is 9.18. The molecule has 8 heteroatoms. The van der Waals surface area contributed by atoms with Crippen molar-refractivity contribution >= 4 is 40.0 Å². The molecule has 1 atom stereocenters. The minimum atomic E-state index is -0.509. The van der Waals surface area contributed by atoms with Gasteiger partial charge in [0.05, 0.1) is 11.6 Å². The normalized spacial score (nSPS) is 16.3. The van der Waals surface area contributed by atoms with Crippen LogP contribution in [0.5, 0.6) is 0 Å². The highest BCUT2D eigenvalue weighted by atomic mass is 35.5. The zero-order chi connectivity index (χ0) is 19.7. The number of hydrogen-bond donors (Lipinski definition) is 2. The Balaban J connectivity index is 1.36. The smallest absolute Gasteiger partial charge is 0.408 e. The van der Waals surface area contributed by atoms with Crippen LogP contribution in [0.25, 0.3) is 11.1 Å². The number of hydrogen-bond acceptors (Lipinski definition) is 5. The number of fused-ring (bicyclic) bond motifs is 1. The number of benzene rings is 2. The van der Waals surface area contributed by atoms with Gasteiger partial charge in [0.2, 0.25) is 5.91 Å². The van der Waals surface area contributed by atoms with Gasteiger partial charge in [-0.05, 0) is 43.3 Å². The third-order valence-corrected chi connectivity index (χ3v) is 5.37. The van der Waals surface area contributed by atoms with Crippen molar-refractivity contribution in [2.24, 2.45) is 0 Å². The second kappa shape index (κ2) is 7.69. The zero-order valence-corrected chi connectivity index (χ0v) is 16.2. The Morgan fingerprint density at radius 3 is 2.57 bits per heavy atom. The summed E-state index contributed by atoms with van der Waals surface area (Å²) in [5, 5.41) is 3.63.